The molecule has 0 unspecified atom stereocenters. The molecule has 1 aromatic rings. The summed E-state index contributed by atoms with van der Waals surface area (Å²) in [7, 11) is -4.54. The summed E-state index contributed by atoms with van der Waals surface area (Å²) in [5, 5.41) is 0. The number of phosphoric acid groups is 1. The van der Waals surface area contributed by atoms with Crippen LogP contribution in [-0.2, 0) is 20.5 Å². The van der Waals surface area contributed by atoms with Gasteiger partial charge in [0.2, 0.25) is 0 Å². The van der Waals surface area contributed by atoms with E-state index in [1.54, 1.807) is 12.1 Å². The van der Waals surface area contributed by atoms with E-state index < -0.39 is 7.82 Å². The average Bonchev–Trinajstić information content (AvgIpc) is 2.27. The van der Waals surface area contributed by atoms with Gasteiger partial charge in [-0.1, -0.05) is 26.0 Å². The molecule has 2 N–H and O–H groups in total. The Bertz CT molecular complexity index is 467. The molecule has 0 fully saturated rings. The first-order valence-electron chi connectivity index (χ1n) is 5.76. The molecule has 19 heavy (non-hydrogen) atoms. The molecule has 0 aromatic heterocycles. The van der Waals surface area contributed by atoms with Crippen LogP contribution in [0.1, 0.15) is 20.8 Å². The smallest absolute Gasteiger partial charge is 0.465 e. The van der Waals surface area contributed by atoms with Crippen LogP contribution >= 0.6 is 7.82 Å². The molecule has 1 aromatic carbocycles. The Morgan fingerprint density at radius 1 is 1.32 bits per heavy atom. The highest BCUT2D eigenvalue weighted by Crippen LogP contribution is 2.37. The molecular weight excluding hydrogens is 271 g/mol. The Morgan fingerprint density at radius 3 is 2.37 bits per heavy atom. The zero-order valence-corrected chi connectivity index (χ0v) is 11.7. The Balaban J connectivity index is 0.00000361. The maximum absolute atomic E-state index is 11.5. The maximum Gasteiger partial charge on any atom is 0.524 e. The number of phosphoric ester groups is 1. The number of hydrogen-bond acceptors (Lipinski definition) is 4. The van der Waals surface area contributed by atoms with Gasteiger partial charge in [0.05, 0.1) is 13.0 Å². The van der Waals surface area contributed by atoms with Gasteiger partial charge in [-0.3, -0.25) is 14.6 Å². The van der Waals surface area contributed by atoms with Crippen LogP contribution in [0.15, 0.2) is 24.3 Å². The zero-order chi connectivity index (χ0) is 14.5. The molecular formula is C12H19O6P. The Labute approximate surface area is 113 Å². The van der Waals surface area contributed by atoms with Gasteiger partial charge in [0.25, 0.3) is 0 Å². The van der Waals surface area contributed by atoms with Crippen LogP contribution in [-0.4, -0.2) is 22.4 Å². The van der Waals surface area contributed by atoms with Crippen molar-refractivity contribution >= 4 is 13.8 Å². The van der Waals surface area contributed by atoms with Crippen LogP contribution in [0.3, 0.4) is 0 Å². The number of benzene rings is 1. The van der Waals surface area contributed by atoms with Gasteiger partial charge in [-0.2, -0.15) is 0 Å². The van der Waals surface area contributed by atoms with Crippen molar-refractivity contribution < 1.29 is 29.8 Å². The van der Waals surface area contributed by atoms with Crippen molar-refractivity contribution in [3.63, 3.8) is 0 Å². The summed E-state index contributed by atoms with van der Waals surface area (Å²) in [5.74, 6) is -0.00651. The predicted molar refractivity (Wildman–Crippen MR) is 70.7 cm³/mol. The molecule has 0 atom stereocenters. The lowest BCUT2D eigenvalue weighted by Crippen LogP contribution is -2.12. The van der Waals surface area contributed by atoms with Crippen molar-refractivity contribution in [3.8, 4) is 5.75 Å². The van der Waals surface area contributed by atoms with E-state index in [-0.39, 0.29) is 25.5 Å². The van der Waals surface area contributed by atoms with Gasteiger partial charge in [0.1, 0.15) is 5.75 Å². The fourth-order valence-corrected chi connectivity index (χ4v) is 1.68. The SMILES string of the molecule is CC(C)COC(=O)Cc1ccc(OP(=O)(O)O)cc1.[HH]. The highest BCUT2D eigenvalue weighted by atomic mass is 31.2. The number of carbonyl (C=O) groups excluding carboxylic acids is 1. The Kier molecular flexibility index (Phi) is 5.54. The largest absolute Gasteiger partial charge is 0.524 e. The van der Waals surface area contributed by atoms with E-state index in [1.807, 2.05) is 13.8 Å². The average molecular weight is 290 g/mol. The molecule has 0 saturated heterocycles. The van der Waals surface area contributed by atoms with Gasteiger partial charge in [0.15, 0.2) is 0 Å². The third kappa shape index (κ3) is 6.96. The predicted octanol–water partition coefficient (Wildman–Crippen LogP) is 2.15. The van der Waals surface area contributed by atoms with E-state index in [0.29, 0.717) is 12.2 Å². The second-order valence-corrected chi connectivity index (χ2v) is 5.64. The van der Waals surface area contributed by atoms with Gasteiger partial charge >= 0.3 is 13.8 Å². The highest BCUT2D eigenvalue weighted by Gasteiger charge is 2.15. The first-order chi connectivity index (χ1) is 8.76. The molecule has 0 radical (unpaired) electrons. The van der Waals surface area contributed by atoms with Crippen LogP contribution in [0.4, 0.5) is 0 Å². The van der Waals surface area contributed by atoms with E-state index in [4.69, 9.17) is 14.5 Å². The topological polar surface area (TPSA) is 93.1 Å². The van der Waals surface area contributed by atoms with Crippen molar-refractivity contribution in [1.29, 1.82) is 0 Å². The molecule has 0 aliphatic carbocycles. The van der Waals surface area contributed by atoms with Crippen molar-refractivity contribution in [2.45, 2.75) is 20.3 Å². The standard InChI is InChI=1S/C12H17O6P.H2/c1-9(2)8-17-12(13)7-10-3-5-11(6-4-10)18-19(14,15)16;/h3-6,9H,7-8H2,1-2H3,(H2,14,15,16);1H. The Morgan fingerprint density at radius 2 is 1.89 bits per heavy atom. The number of ether oxygens (including phenoxy) is 1. The lowest BCUT2D eigenvalue weighted by molar-refractivity contribution is -0.143. The molecule has 0 aliphatic rings. The van der Waals surface area contributed by atoms with Gasteiger partial charge in [0, 0.05) is 1.43 Å². The second kappa shape index (κ2) is 6.70. The number of hydrogen-bond donors (Lipinski definition) is 2. The molecule has 0 aliphatic heterocycles. The maximum atomic E-state index is 11.5. The summed E-state index contributed by atoms with van der Waals surface area (Å²) in [6.45, 7) is 4.27. The van der Waals surface area contributed by atoms with Crippen LogP contribution < -0.4 is 4.52 Å². The van der Waals surface area contributed by atoms with Crippen molar-refractivity contribution in [2.75, 3.05) is 6.61 Å². The number of carbonyl (C=O) groups is 1. The van der Waals surface area contributed by atoms with Gasteiger partial charge in [-0.15, -0.1) is 0 Å². The third-order valence-electron chi connectivity index (χ3n) is 2.07. The zero-order valence-electron chi connectivity index (χ0n) is 10.8. The van der Waals surface area contributed by atoms with E-state index in [2.05, 4.69) is 4.52 Å². The molecule has 0 bridgehead atoms. The first-order valence-corrected chi connectivity index (χ1v) is 7.29. The van der Waals surface area contributed by atoms with Crippen LogP contribution in [0.2, 0.25) is 0 Å². The molecule has 6 nitrogen and oxygen atoms in total. The first kappa shape index (κ1) is 15.7. The number of rotatable bonds is 6. The Hall–Kier alpha value is -1.36. The minimum atomic E-state index is -4.54. The highest BCUT2D eigenvalue weighted by molar-refractivity contribution is 7.46. The molecule has 7 heteroatoms. The van der Waals surface area contributed by atoms with Crippen molar-refractivity contribution in [3.05, 3.63) is 29.8 Å². The fraction of sp³-hybridized carbons (Fsp3) is 0.417. The summed E-state index contributed by atoms with van der Waals surface area (Å²) < 4.78 is 20.0. The summed E-state index contributed by atoms with van der Waals surface area (Å²) in [5.41, 5.74) is 0.687. The quantitative estimate of drug-likeness (QED) is 0.616. The minimum Gasteiger partial charge on any atom is -0.465 e. The number of esters is 1. The third-order valence-corrected chi connectivity index (χ3v) is 2.52. The van der Waals surface area contributed by atoms with E-state index in [9.17, 15) is 9.36 Å². The van der Waals surface area contributed by atoms with Crippen molar-refractivity contribution in [1.82, 2.24) is 0 Å². The van der Waals surface area contributed by atoms with Gasteiger partial charge in [-0.05, 0) is 23.6 Å². The second-order valence-electron chi connectivity index (χ2n) is 4.48. The summed E-state index contributed by atoms with van der Waals surface area (Å²) >= 11 is 0. The van der Waals surface area contributed by atoms with E-state index >= 15 is 0 Å². The molecule has 0 amide bonds. The monoisotopic (exact) mass is 290 g/mol. The van der Waals surface area contributed by atoms with Gasteiger partial charge < -0.3 is 9.26 Å². The molecule has 1 rings (SSSR count). The summed E-state index contributed by atoms with van der Waals surface area (Å²) in [6.07, 6.45) is 0.114. The van der Waals surface area contributed by atoms with Gasteiger partial charge in [-0.25, -0.2) is 4.57 Å². The van der Waals surface area contributed by atoms with Crippen LogP contribution in [0, 0.1) is 5.92 Å². The molecule has 0 saturated carbocycles. The van der Waals surface area contributed by atoms with Crippen LogP contribution in [0.25, 0.3) is 0 Å². The van der Waals surface area contributed by atoms with Crippen LogP contribution in [0.5, 0.6) is 5.75 Å². The van der Waals surface area contributed by atoms with E-state index in [1.165, 1.54) is 12.1 Å². The van der Waals surface area contributed by atoms with E-state index in [0.717, 1.165) is 0 Å². The molecule has 0 spiro atoms. The fourth-order valence-electron chi connectivity index (χ4n) is 1.28. The van der Waals surface area contributed by atoms with Crippen molar-refractivity contribution in [2.24, 2.45) is 5.92 Å². The molecule has 108 valence electrons. The summed E-state index contributed by atoms with van der Waals surface area (Å²) in [4.78, 5) is 28.7. The summed E-state index contributed by atoms with van der Waals surface area (Å²) in [6, 6.07) is 5.90. The lowest BCUT2D eigenvalue weighted by atomic mass is 10.1. The minimum absolute atomic E-state index is 0. The molecule has 0 heterocycles. The normalized spacial score (nSPS) is 11.4. The lowest BCUT2D eigenvalue weighted by Gasteiger charge is -2.08.